The van der Waals surface area contributed by atoms with Crippen molar-refractivity contribution in [1.29, 1.82) is 0 Å². The Hall–Kier alpha value is -2.36. The summed E-state index contributed by atoms with van der Waals surface area (Å²) in [7, 11) is 0. The number of rotatable bonds is 4. The monoisotopic (exact) mass is 254 g/mol. The molecule has 96 valence electrons. The largest absolute Gasteiger partial charge is 0.476 e. The van der Waals surface area contributed by atoms with Crippen LogP contribution in [0.25, 0.3) is 0 Å². The summed E-state index contributed by atoms with van der Waals surface area (Å²) in [4.78, 5) is 15.0. The first-order valence-electron chi connectivity index (χ1n) is 6.25. The maximum atomic E-state index is 11.1. The van der Waals surface area contributed by atoms with E-state index in [0.717, 1.165) is 6.42 Å². The number of hydrogen-bond donors (Lipinski definition) is 2. The first kappa shape index (κ1) is 11.7. The van der Waals surface area contributed by atoms with Crippen LogP contribution in [0.5, 0.6) is 0 Å². The average molecular weight is 254 g/mol. The summed E-state index contributed by atoms with van der Waals surface area (Å²) in [6.07, 6.45) is 2.52. The number of hydrogen-bond acceptors (Lipinski definition) is 3. The van der Waals surface area contributed by atoms with Gasteiger partial charge in [-0.25, -0.2) is 9.78 Å². The molecule has 1 aliphatic rings. The van der Waals surface area contributed by atoms with Gasteiger partial charge in [0.15, 0.2) is 5.69 Å². The number of nitrogens with zero attached hydrogens (tertiary/aromatic N) is 1. The van der Waals surface area contributed by atoms with Gasteiger partial charge >= 0.3 is 5.97 Å². The van der Waals surface area contributed by atoms with Crippen LogP contribution in [0.15, 0.2) is 48.7 Å². The smallest absolute Gasteiger partial charge is 0.356 e. The van der Waals surface area contributed by atoms with Gasteiger partial charge in [0, 0.05) is 18.2 Å². The summed E-state index contributed by atoms with van der Waals surface area (Å²) in [6, 6.07) is 14.1. The van der Waals surface area contributed by atoms with Crippen molar-refractivity contribution in [2.45, 2.75) is 18.4 Å². The molecule has 0 bridgehead atoms. The highest BCUT2D eigenvalue weighted by Crippen LogP contribution is 2.42. The first-order chi connectivity index (χ1) is 9.25. The fourth-order valence-corrected chi connectivity index (χ4v) is 2.32. The molecule has 0 spiro atoms. The fraction of sp³-hybridized carbons (Fsp3) is 0.200. The molecule has 1 aromatic carbocycles. The zero-order chi connectivity index (χ0) is 13.2. The van der Waals surface area contributed by atoms with Crippen LogP contribution >= 0.6 is 0 Å². The van der Waals surface area contributed by atoms with Gasteiger partial charge in [-0.2, -0.15) is 0 Å². The third-order valence-electron chi connectivity index (χ3n) is 3.37. The van der Waals surface area contributed by atoms with Gasteiger partial charge in [-0.05, 0) is 24.1 Å². The number of carboxylic acids is 1. The highest BCUT2D eigenvalue weighted by Gasteiger charge is 2.38. The molecule has 0 amide bonds. The zero-order valence-electron chi connectivity index (χ0n) is 10.3. The van der Waals surface area contributed by atoms with Crippen molar-refractivity contribution in [2.24, 2.45) is 0 Å². The lowest BCUT2D eigenvalue weighted by molar-refractivity contribution is 0.0691. The van der Waals surface area contributed by atoms with Gasteiger partial charge in [-0.1, -0.05) is 30.3 Å². The van der Waals surface area contributed by atoms with Gasteiger partial charge in [-0.3, -0.25) is 0 Å². The Morgan fingerprint density at radius 2 is 2.00 bits per heavy atom. The number of carboxylic acid groups (broad SMARTS) is 1. The predicted molar refractivity (Wildman–Crippen MR) is 72.4 cm³/mol. The van der Waals surface area contributed by atoms with Crippen molar-refractivity contribution in [2.75, 3.05) is 5.32 Å². The average Bonchev–Trinajstić information content (AvgIpc) is 3.19. The highest BCUT2D eigenvalue weighted by molar-refractivity contribution is 5.91. The number of aromatic carboxylic acids is 1. The van der Waals surface area contributed by atoms with E-state index in [-0.39, 0.29) is 5.69 Å². The molecular formula is C15H14N2O2. The fourth-order valence-electron chi connectivity index (χ4n) is 2.32. The Kier molecular flexibility index (Phi) is 2.91. The lowest BCUT2D eigenvalue weighted by Gasteiger charge is -2.08. The highest BCUT2D eigenvalue weighted by atomic mass is 16.4. The van der Waals surface area contributed by atoms with Crippen molar-refractivity contribution in [1.82, 2.24) is 4.98 Å². The van der Waals surface area contributed by atoms with Crippen molar-refractivity contribution < 1.29 is 9.90 Å². The minimum Gasteiger partial charge on any atom is -0.476 e. The van der Waals surface area contributed by atoms with Crippen LogP contribution in [0.1, 0.15) is 28.4 Å². The lowest BCUT2D eigenvalue weighted by atomic mass is 10.1. The Balaban J connectivity index is 1.73. The van der Waals surface area contributed by atoms with Gasteiger partial charge in [-0.15, -0.1) is 0 Å². The molecule has 1 heterocycles. The van der Waals surface area contributed by atoms with Crippen LogP contribution < -0.4 is 5.32 Å². The number of carbonyl (C=O) groups is 1. The Morgan fingerprint density at radius 3 is 2.74 bits per heavy atom. The molecular weight excluding hydrogens is 240 g/mol. The lowest BCUT2D eigenvalue weighted by Crippen LogP contribution is -2.10. The maximum Gasteiger partial charge on any atom is 0.356 e. The molecule has 0 saturated heterocycles. The minimum atomic E-state index is -1.000. The molecule has 1 aromatic heterocycles. The SMILES string of the molecule is O=C(O)c1ncccc1NC1CC1c1ccccc1. The summed E-state index contributed by atoms with van der Waals surface area (Å²) in [5, 5.41) is 12.4. The van der Waals surface area contributed by atoms with E-state index in [0.29, 0.717) is 17.6 Å². The second-order valence-electron chi connectivity index (χ2n) is 4.71. The maximum absolute atomic E-state index is 11.1. The molecule has 1 aliphatic carbocycles. The van der Waals surface area contributed by atoms with E-state index in [1.54, 1.807) is 12.1 Å². The third kappa shape index (κ3) is 2.42. The van der Waals surface area contributed by atoms with Gasteiger partial charge in [0.05, 0.1) is 5.69 Å². The quantitative estimate of drug-likeness (QED) is 0.880. The van der Waals surface area contributed by atoms with Crippen LogP contribution in [-0.2, 0) is 0 Å². The number of nitrogens with one attached hydrogen (secondary N) is 1. The van der Waals surface area contributed by atoms with E-state index >= 15 is 0 Å². The van der Waals surface area contributed by atoms with Crippen LogP contribution in [0, 0.1) is 0 Å². The molecule has 0 radical (unpaired) electrons. The van der Waals surface area contributed by atoms with Gasteiger partial charge < -0.3 is 10.4 Å². The van der Waals surface area contributed by atoms with Crippen LogP contribution in [-0.4, -0.2) is 22.1 Å². The second-order valence-corrected chi connectivity index (χ2v) is 4.71. The molecule has 1 fully saturated rings. The molecule has 2 atom stereocenters. The molecule has 0 aliphatic heterocycles. The molecule has 4 nitrogen and oxygen atoms in total. The molecule has 19 heavy (non-hydrogen) atoms. The molecule has 2 N–H and O–H groups in total. The molecule has 4 heteroatoms. The number of anilines is 1. The molecule has 2 aromatic rings. The Morgan fingerprint density at radius 1 is 1.21 bits per heavy atom. The van der Waals surface area contributed by atoms with Gasteiger partial charge in [0.1, 0.15) is 0 Å². The Bertz CT molecular complexity index is 598. The van der Waals surface area contributed by atoms with E-state index in [1.807, 2.05) is 18.2 Å². The van der Waals surface area contributed by atoms with Crippen LogP contribution in [0.3, 0.4) is 0 Å². The van der Waals surface area contributed by atoms with Crippen LogP contribution in [0.2, 0.25) is 0 Å². The zero-order valence-corrected chi connectivity index (χ0v) is 10.3. The van der Waals surface area contributed by atoms with Crippen molar-refractivity contribution in [3.8, 4) is 0 Å². The Labute approximate surface area is 111 Å². The normalized spacial score (nSPS) is 20.8. The van der Waals surface area contributed by atoms with E-state index in [4.69, 9.17) is 5.11 Å². The first-order valence-corrected chi connectivity index (χ1v) is 6.25. The summed E-state index contributed by atoms with van der Waals surface area (Å²) >= 11 is 0. The molecule has 2 unspecified atom stereocenters. The minimum absolute atomic E-state index is 0.0845. The third-order valence-corrected chi connectivity index (χ3v) is 3.37. The standard InChI is InChI=1S/C15H14N2O2/c18-15(19)14-12(7-4-8-16-14)17-13-9-11(13)10-5-2-1-3-6-10/h1-8,11,13,17H,9H2,(H,18,19). The van der Waals surface area contributed by atoms with Crippen molar-refractivity contribution in [3.63, 3.8) is 0 Å². The predicted octanol–water partition coefficient (Wildman–Crippen LogP) is 2.75. The summed E-state index contributed by atoms with van der Waals surface area (Å²) in [6.45, 7) is 0. The molecule has 1 saturated carbocycles. The van der Waals surface area contributed by atoms with E-state index < -0.39 is 5.97 Å². The summed E-state index contributed by atoms with van der Waals surface area (Å²) < 4.78 is 0. The number of pyridine rings is 1. The molecule has 3 rings (SSSR count). The van der Waals surface area contributed by atoms with Gasteiger partial charge in [0.2, 0.25) is 0 Å². The van der Waals surface area contributed by atoms with Crippen LogP contribution in [0.4, 0.5) is 5.69 Å². The van der Waals surface area contributed by atoms with Crippen molar-refractivity contribution >= 4 is 11.7 Å². The second kappa shape index (κ2) is 4.72. The van der Waals surface area contributed by atoms with E-state index in [2.05, 4.69) is 22.4 Å². The number of benzene rings is 1. The number of aromatic nitrogens is 1. The topological polar surface area (TPSA) is 62.2 Å². The van der Waals surface area contributed by atoms with Gasteiger partial charge in [0.25, 0.3) is 0 Å². The van der Waals surface area contributed by atoms with E-state index in [1.165, 1.54) is 11.8 Å². The summed E-state index contributed by atoms with van der Waals surface area (Å²) in [5.74, 6) is -0.539. The van der Waals surface area contributed by atoms with E-state index in [9.17, 15) is 4.79 Å². The summed E-state index contributed by atoms with van der Waals surface area (Å²) in [5.41, 5.74) is 1.97. The van der Waals surface area contributed by atoms with Crippen molar-refractivity contribution in [3.05, 3.63) is 59.9 Å².